The fourth-order valence-electron chi connectivity index (χ4n) is 2.77. The van der Waals surface area contributed by atoms with Crippen LogP contribution in [-0.2, 0) is 0 Å². The Morgan fingerprint density at radius 3 is 2.63 bits per heavy atom. The number of anilines is 1. The van der Waals surface area contributed by atoms with Gasteiger partial charge in [-0.25, -0.2) is 0 Å². The van der Waals surface area contributed by atoms with E-state index in [2.05, 4.69) is 12.2 Å². The van der Waals surface area contributed by atoms with E-state index in [-0.39, 0.29) is 0 Å². The van der Waals surface area contributed by atoms with Gasteiger partial charge in [-0.1, -0.05) is 19.8 Å². The van der Waals surface area contributed by atoms with Crippen LogP contribution >= 0.6 is 0 Å². The fourth-order valence-corrected chi connectivity index (χ4v) is 2.77. The average Bonchev–Trinajstić information content (AvgIpc) is 2.64. The molecule has 1 aromatic rings. The highest BCUT2D eigenvalue weighted by Crippen LogP contribution is 2.32. The van der Waals surface area contributed by atoms with Gasteiger partial charge >= 0.3 is 0 Å². The molecule has 0 spiro atoms. The Labute approximate surface area is 116 Å². The standard InChI is InChI=1S/C16H25NO2/c1-12-5-4-6-13(8-7-12)17-15-10-9-14(18-2)11-16(15)19-3/h9-13,17H,4-8H2,1-3H3. The first-order valence-corrected chi connectivity index (χ1v) is 7.21. The first-order chi connectivity index (χ1) is 9.22. The van der Waals surface area contributed by atoms with Crippen LogP contribution in [0.15, 0.2) is 18.2 Å². The molecule has 0 heterocycles. The molecule has 1 fully saturated rings. The lowest BCUT2D eigenvalue weighted by molar-refractivity contribution is 0.395. The Balaban J connectivity index is 2.05. The maximum absolute atomic E-state index is 5.44. The Kier molecular flexibility index (Phi) is 4.94. The molecule has 3 nitrogen and oxygen atoms in total. The van der Waals surface area contributed by atoms with Crippen LogP contribution in [-0.4, -0.2) is 20.3 Å². The number of ether oxygens (including phenoxy) is 2. The van der Waals surface area contributed by atoms with Crippen LogP contribution in [0, 0.1) is 5.92 Å². The zero-order valence-electron chi connectivity index (χ0n) is 12.2. The number of hydrogen-bond acceptors (Lipinski definition) is 3. The molecule has 0 aliphatic heterocycles. The molecule has 19 heavy (non-hydrogen) atoms. The van der Waals surface area contributed by atoms with Crippen molar-refractivity contribution in [2.45, 2.75) is 45.1 Å². The van der Waals surface area contributed by atoms with Gasteiger partial charge in [0.1, 0.15) is 11.5 Å². The van der Waals surface area contributed by atoms with Crippen molar-refractivity contribution in [3.8, 4) is 11.5 Å². The highest BCUT2D eigenvalue weighted by Gasteiger charge is 2.17. The molecule has 1 aliphatic carbocycles. The van der Waals surface area contributed by atoms with Crippen LogP contribution in [0.1, 0.15) is 39.0 Å². The maximum Gasteiger partial charge on any atom is 0.145 e. The van der Waals surface area contributed by atoms with Gasteiger partial charge in [-0.15, -0.1) is 0 Å². The summed E-state index contributed by atoms with van der Waals surface area (Å²) in [5, 5.41) is 3.63. The molecule has 2 rings (SSSR count). The average molecular weight is 263 g/mol. The van der Waals surface area contributed by atoms with Crippen molar-refractivity contribution in [1.82, 2.24) is 0 Å². The molecule has 1 aliphatic rings. The van der Waals surface area contributed by atoms with Crippen LogP contribution in [0.4, 0.5) is 5.69 Å². The van der Waals surface area contributed by atoms with Crippen LogP contribution in [0.3, 0.4) is 0 Å². The Hall–Kier alpha value is -1.38. The largest absolute Gasteiger partial charge is 0.497 e. The predicted molar refractivity (Wildman–Crippen MR) is 79.2 cm³/mol. The molecule has 0 aromatic heterocycles. The molecule has 1 aromatic carbocycles. The second kappa shape index (κ2) is 6.69. The van der Waals surface area contributed by atoms with Crippen LogP contribution in [0.5, 0.6) is 11.5 Å². The minimum absolute atomic E-state index is 0.562. The third kappa shape index (κ3) is 3.79. The molecule has 0 bridgehead atoms. The SMILES string of the molecule is COc1ccc(NC2CCCC(C)CC2)c(OC)c1. The highest BCUT2D eigenvalue weighted by molar-refractivity contribution is 5.59. The summed E-state index contributed by atoms with van der Waals surface area (Å²) in [5.74, 6) is 2.55. The second-order valence-electron chi connectivity index (χ2n) is 5.52. The third-order valence-corrected chi connectivity index (χ3v) is 4.03. The summed E-state index contributed by atoms with van der Waals surface area (Å²) in [6.07, 6.45) is 6.49. The predicted octanol–water partition coefficient (Wildman–Crippen LogP) is 4.08. The number of methoxy groups -OCH3 is 2. The van der Waals surface area contributed by atoms with E-state index in [1.165, 1.54) is 32.1 Å². The quantitative estimate of drug-likeness (QED) is 0.830. The molecule has 2 atom stereocenters. The summed E-state index contributed by atoms with van der Waals surface area (Å²) >= 11 is 0. The van der Waals surface area contributed by atoms with Gasteiger partial charge < -0.3 is 14.8 Å². The van der Waals surface area contributed by atoms with Crippen molar-refractivity contribution < 1.29 is 9.47 Å². The van der Waals surface area contributed by atoms with Crippen molar-refractivity contribution in [2.24, 2.45) is 5.92 Å². The van der Waals surface area contributed by atoms with E-state index in [1.807, 2.05) is 18.2 Å². The first-order valence-electron chi connectivity index (χ1n) is 7.21. The Bertz CT molecular complexity index is 406. The molecular weight excluding hydrogens is 238 g/mol. The van der Waals surface area contributed by atoms with Crippen molar-refractivity contribution in [3.63, 3.8) is 0 Å². The number of hydrogen-bond donors (Lipinski definition) is 1. The number of nitrogens with one attached hydrogen (secondary N) is 1. The molecule has 106 valence electrons. The van der Waals surface area contributed by atoms with Gasteiger partial charge in [0.15, 0.2) is 0 Å². The molecule has 1 saturated carbocycles. The van der Waals surface area contributed by atoms with E-state index in [0.29, 0.717) is 6.04 Å². The van der Waals surface area contributed by atoms with Gasteiger partial charge in [-0.3, -0.25) is 0 Å². The Morgan fingerprint density at radius 2 is 1.89 bits per heavy atom. The van der Waals surface area contributed by atoms with Crippen molar-refractivity contribution in [2.75, 3.05) is 19.5 Å². The summed E-state index contributed by atoms with van der Waals surface area (Å²) < 4.78 is 10.7. The molecule has 1 N–H and O–H groups in total. The molecular formula is C16H25NO2. The van der Waals surface area contributed by atoms with Gasteiger partial charge in [0.05, 0.1) is 19.9 Å². The van der Waals surface area contributed by atoms with Gasteiger partial charge in [0, 0.05) is 12.1 Å². The normalized spacial score (nSPS) is 23.5. The Morgan fingerprint density at radius 1 is 1.05 bits per heavy atom. The van der Waals surface area contributed by atoms with Crippen molar-refractivity contribution in [3.05, 3.63) is 18.2 Å². The van der Waals surface area contributed by atoms with E-state index < -0.39 is 0 Å². The highest BCUT2D eigenvalue weighted by atomic mass is 16.5. The van der Waals surface area contributed by atoms with Crippen LogP contribution < -0.4 is 14.8 Å². The lowest BCUT2D eigenvalue weighted by atomic mass is 10.0. The van der Waals surface area contributed by atoms with Crippen molar-refractivity contribution >= 4 is 5.69 Å². The van der Waals surface area contributed by atoms with Crippen LogP contribution in [0.2, 0.25) is 0 Å². The van der Waals surface area contributed by atoms with Crippen LogP contribution in [0.25, 0.3) is 0 Å². The fraction of sp³-hybridized carbons (Fsp3) is 0.625. The van der Waals surface area contributed by atoms with E-state index >= 15 is 0 Å². The molecule has 0 saturated heterocycles. The van der Waals surface area contributed by atoms with Crippen molar-refractivity contribution in [1.29, 1.82) is 0 Å². The topological polar surface area (TPSA) is 30.5 Å². The van der Waals surface area contributed by atoms with E-state index in [4.69, 9.17) is 9.47 Å². The monoisotopic (exact) mass is 263 g/mol. The smallest absolute Gasteiger partial charge is 0.145 e. The number of benzene rings is 1. The molecule has 2 unspecified atom stereocenters. The lowest BCUT2D eigenvalue weighted by Crippen LogP contribution is -2.18. The zero-order chi connectivity index (χ0) is 13.7. The molecule has 3 heteroatoms. The van der Waals surface area contributed by atoms with Gasteiger partial charge in [0.2, 0.25) is 0 Å². The van der Waals surface area contributed by atoms with E-state index in [1.54, 1.807) is 14.2 Å². The van der Waals surface area contributed by atoms with E-state index in [9.17, 15) is 0 Å². The number of rotatable bonds is 4. The van der Waals surface area contributed by atoms with E-state index in [0.717, 1.165) is 23.1 Å². The lowest BCUT2D eigenvalue weighted by Gasteiger charge is -2.20. The summed E-state index contributed by atoms with van der Waals surface area (Å²) in [7, 11) is 3.38. The summed E-state index contributed by atoms with van der Waals surface area (Å²) in [6.45, 7) is 2.36. The third-order valence-electron chi connectivity index (χ3n) is 4.03. The molecule has 0 radical (unpaired) electrons. The van der Waals surface area contributed by atoms with Gasteiger partial charge in [0.25, 0.3) is 0 Å². The minimum atomic E-state index is 0.562. The van der Waals surface area contributed by atoms with Gasteiger partial charge in [-0.2, -0.15) is 0 Å². The first kappa shape index (κ1) is 14.0. The van der Waals surface area contributed by atoms with Gasteiger partial charge in [-0.05, 0) is 37.3 Å². The maximum atomic E-state index is 5.44. The minimum Gasteiger partial charge on any atom is -0.497 e. The zero-order valence-corrected chi connectivity index (χ0v) is 12.2. The summed E-state index contributed by atoms with van der Waals surface area (Å²) in [5.41, 5.74) is 1.07. The summed E-state index contributed by atoms with van der Waals surface area (Å²) in [4.78, 5) is 0. The summed E-state index contributed by atoms with van der Waals surface area (Å²) in [6, 6.07) is 6.52. The molecule has 0 amide bonds. The second-order valence-corrected chi connectivity index (χ2v) is 5.52.